The van der Waals surface area contributed by atoms with Crippen LogP contribution in [-0.2, 0) is 0 Å². The van der Waals surface area contributed by atoms with Gasteiger partial charge in [0, 0.05) is 0 Å². The van der Waals surface area contributed by atoms with Gasteiger partial charge in [-0.1, -0.05) is 89.6 Å². The summed E-state index contributed by atoms with van der Waals surface area (Å²) in [6, 6.07) is 24.2. The predicted molar refractivity (Wildman–Crippen MR) is 92.9 cm³/mol. The normalized spacial score (nSPS) is 26.5. The molecule has 0 aromatic heterocycles. The molecule has 0 amide bonds. The average Bonchev–Trinajstić information content (AvgIpc) is 2.97. The molecule has 0 bridgehead atoms. The number of hydrogen-bond acceptors (Lipinski definition) is 0. The molecule has 1 aliphatic carbocycles. The minimum Gasteiger partial charge on any atom is -0.0885 e. The molecule has 0 spiro atoms. The first-order chi connectivity index (χ1) is 10.4. The van der Waals surface area contributed by atoms with Crippen molar-refractivity contribution in [3.63, 3.8) is 0 Å². The highest BCUT2D eigenvalue weighted by Gasteiger charge is 2.51. The van der Waals surface area contributed by atoms with Crippen molar-refractivity contribution in [3.05, 3.63) is 72.8 Å². The molecule has 2 atom stereocenters. The zero-order valence-corrected chi connectivity index (χ0v) is 13.4. The van der Waals surface area contributed by atoms with E-state index in [2.05, 4.69) is 72.8 Å². The molecule has 1 fully saturated rings. The molecule has 0 saturated carbocycles. The van der Waals surface area contributed by atoms with Crippen LogP contribution in [0.15, 0.2) is 72.8 Å². The number of rotatable bonds is 2. The van der Waals surface area contributed by atoms with Crippen LogP contribution < -0.4 is 10.4 Å². The summed E-state index contributed by atoms with van der Waals surface area (Å²) in [6.07, 6.45) is 9.13. The second kappa shape index (κ2) is 5.30. The summed E-state index contributed by atoms with van der Waals surface area (Å²) in [5.74, 6) is 0.919. The van der Waals surface area contributed by atoms with Crippen molar-refractivity contribution in [2.45, 2.75) is 30.8 Å². The van der Waals surface area contributed by atoms with Crippen LogP contribution in [0.5, 0.6) is 0 Å². The number of benzene rings is 2. The molecule has 0 radical (unpaired) electrons. The first-order valence-corrected chi connectivity index (χ1v) is 10.5. The van der Waals surface area contributed by atoms with Gasteiger partial charge in [0.1, 0.15) is 8.07 Å². The van der Waals surface area contributed by atoms with E-state index in [1.165, 1.54) is 25.3 Å². The molecule has 1 heteroatoms. The van der Waals surface area contributed by atoms with Crippen molar-refractivity contribution in [3.8, 4) is 0 Å². The van der Waals surface area contributed by atoms with Crippen molar-refractivity contribution in [1.82, 2.24) is 0 Å². The molecule has 2 aromatic rings. The van der Waals surface area contributed by atoms with Crippen molar-refractivity contribution in [1.29, 1.82) is 0 Å². The van der Waals surface area contributed by atoms with Crippen LogP contribution >= 0.6 is 0 Å². The molecular formula is C20H22Si. The summed E-state index contributed by atoms with van der Waals surface area (Å²) in [7, 11) is -1.63. The van der Waals surface area contributed by atoms with E-state index in [0.717, 1.165) is 11.5 Å². The van der Waals surface area contributed by atoms with Crippen LogP contribution in [0.3, 0.4) is 0 Å². The highest BCUT2D eigenvalue weighted by molar-refractivity contribution is 7.04. The maximum Gasteiger partial charge on any atom is 0.125 e. The number of allylic oxidation sites excluding steroid dienone is 2. The summed E-state index contributed by atoms with van der Waals surface area (Å²) in [4.78, 5) is 0. The molecule has 0 N–H and O–H groups in total. The van der Waals surface area contributed by atoms with E-state index in [9.17, 15) is 0 Å². The van der Waals surface area contributed by atoms with Crippen LogP contribution in [0.2, 0.25) is 11.6 Å². The summed E-state index contributed by atoms with van der Waals surface area (Å²) >= 11 is 0. The highest BCUT2D eigenvalue weighted by atomic mass is 28.3. The number of fused-ring (bicyclic) bond motifs is 1. The Balaban J connectivity index is 1.91. The largest absolute Gasteiger partial charge is 0.125 e. The minimum absolute atomic E-state index is 0.802. The molecule has 0 nitrogen and oxygen atoms in total. The Labute approximate surface area is 128 Å². The standard InChI is InChI=1S/C20H22Si/c1-3-10-18(11-4-1)21(19-12-5-2-6-13-19)16-15-17-9-7-8-14-20(17)21/h1-6,8,10-14,17,20H,7,9,15-16H2/t17?,20-/m0/s1. The Morgan fingerprint density at radius 1 is 0.762 bits per heavy atom. The van der Waals surface area contributed by atoms with Gasteiger partial charge in [0.2, 0.25) is 0 Å². The van der Waals surface area contributed by atoms with Gasteiger partial charge in [-0.15, -0.1) is 0 Å². The van der Waals surface area contributed by atoms with E-state index in [0.29, 0.717) is 0 Å². The first kappa shape index (κ1) is 13.1. The summed E-state index contributed by atoms with van der Waals surface area (Å²) < 4.78 is 0. The second-order valence-corrected chi connectivity index (χ2v) is 10.8. The SMILES string of the molecule is C1=C[C@H]2C(CC1)CC[Si]2(c1ccccc1)c1ccccc1. The van der Waals surface area contributed by atoms with E-state index < -0.39 is 8.07 Å². The van der Waals surface area contributed by atoms with Crippen LogP contribution in [0, 0.1) is 5.92 Å². The third-order valence-corrected chi connectivity index (χ3v) is 11.2. The summed E-state index contributed by atoms with van der Waals surface area (Å²) in [6.45, 7) is 0. The molecule has 1 unspecified atom stereocenters. The van der Waals surface area contributed by atoms with Gasteiger partial charge in [0.05, 0.1) is 0 Å². The van der Waals surface area contributed by atoms with Gasteiger partial charge in [-0.05, 0) is 30.3 Å². The fourth-order valence-corrected chi connectivity index (χ4v) is 10.7. The number of hydrogen-bond donors (Lipinski definition) is 0. The van der Waals surface area contributed by atoms with Crippen molar-refractivity contribution in [2.75, 3.05) is 0 Å². The molecule has 1 saturated heterocycles. The molecule has 1 aliphatic heterocycles. The quantitative estimate of drug-likeness (QED) is 0.579. The molecule has 4 rings (SSSR count). The third kappa shape index (κ3) is 2.03. The third-order valence-electron chi connectivity index (χ3n) is 5.61. The van der Waals surface area contributed by atoms with Gasteiger partial charge in [-0.3, -0.25) is 0 Å². The van der Waals surface area contributed by atoms with Crippen molar-refractivity contribution < 1.29 is 0 Å². The van der Waals surface area contributed by atoms with Gasteiger partial charge in [0.25, 0.3) is 0 Å². The van der Waals surface area contributed by atoms with Crippen LogP contribution in [0.25, 0.3) is 0 Å². The lowest BCUT2D eigenvalue weighted by Gasteiger charge is -2.36. The summed E-state index contributed by atoms with van der Waals surface area (Å²) in [5, 5.41) is 3.27. The Hall–Kier alpha value is -1.60. The molecular weight excluding hydrogens is 268 g/mol. The molecule has 21 heavy (non-hydrogen) atoms. The topological polar surface area (TPSA) is 0 Å². The van der Waals surface area contributed by atoms with Crippen LogP contribution in [0.1, 0.15) is 19.3 Å². The zero-order valence-electron chi connectivity index (χ0n) is 12.4. The van der Waals surface area contributed by atoms with Gasteiger partial charge >= 0.3 is 0 Å². The van der Waals surface area contributed by atoms with E-state index in [1.54, 1.807) is 10.4 Å². The molecule has 2 aliphatic rings. The lowest BCUT2D eigenvalue weighted by atomic mass is 9.92. The highest BCUT2D eigenvalue weighted by Crippen LogP contribution is 2.48. The van der Waals surface area contributed by atoms with E-state index in [1.807, 2.05) is 0 Å². The minimum atomic E-state index is -1.63. The van der Waals surface area contributed by atoms with E-state index in [-0.39, 0.29) is 0 Å². The van der Waals surface area contributed by atoms with Gasteiger partial charge < -0.3 is 0 Å². The first-order valence-electron chi connectivity index (χ1n) is 8.19. The summed E-state index contributed by atoms with van der Waals surface area (Å²) in [5.41, 5.74) is 0.802. The van der Waals surface area contributed by atoms with Gasteiger partial charge in [-0.25, -0.2) is 0 Å². The Kier molecular flexibility index (Phi) is 3.31. The van der Waals surface area contributed by atoms with E-state index in [4.69, 9.17) is 0 Å². The Bertz CT molecular complexity index is 590. The molecule has 2 aromatic carbocycles. The maximum atomic E-state index is 2.58. The van der Waals surface area contributed by atoms with Crippen molar-refractivity contribution >= 4 is 18.4 Å². The van der Waals surface area contributed by atoms with Gasteiger partial charge in [-0.2, -0.15) is 0 Å². The van der Waals surface area contributed by atoms with E-state index >= 15 is 0 Å². The molecule has 1 heterocycles. The fraction of sp³-hybridized carbons (Fsp3) is 0.300. The zero-order chi connectivity index (χ0) is 14.1. The smallest absolute Gasteiger partial charge is 0.0885 e. The average molecular weight is 290 g/mol. The predicted octanol–water partition coefficient (Wildman–Crippen LogP) is 3.99. The maximum absolute atomic E-state index is 2.58. The lowest BCUT2D eigenvalue weighted by Crippen LogP contribution is -2.59. The van der Waals surface area contributed by atoms with Gasteiger partial charge in [0.15, 0.2) is 0 Å². The second-order valence-electron chi connectivity index (χ2n) is 6.53. The van der Waals surface area contributed by atoms with Crippen molar-refractivity contribution in [2.24, 2.45) is 5.92 Å². The fourth-order valence-electron chi connectivity index (χ4n) is 4.67. The monoisotopic (exact) mass is 290 g/mol. The Morgan fingerprint density at radius 3 is 2.00 bits per heavy atom. The lowest BCUT2D eigenvalue weighted by molar-refractivity contribution is 0.488. The Morgan fingerprint density at radius 2 is 1.38 bits per heavy atom. The molecule has 106 valence electrons. The van der Waals surface area contributed by atoms with Crippen LogP contribution in [0.4, 0.5) is 0 Å². The van der Waals surface area contributed by atoms with Crippen LogP contribution in [-0.4, -0.2) is 8.07 Å².